The number of amides is 1. The number of benzene rings is 2. The Morgan fingerprint density at radius 3 is 2.33 bits per heavy atom. The fraction of sp³-hybridized carbons (Fsp3) is 0.176. The summed E-state index contributed by atoms with van der Waals surface area (Å²) in [4.78, 5) is 12.2. The molecular weight excluding hydrogens is 367 g/mol. The summed E-state index contributed by atoms with van der Waals surface area (Å²) in [6.45, 7) is 3.88. The lowest BCUT2D eigenvalue weighted by atomic mass is 10.2. The number of hydrogen-bond donors (Lipinski definition) is 2. The van der Waals surface area contributed by atoms with Crippen LogP contribution in [-0.2, 0) is 0 Å². The van der Waals surface area contributed by atoms with Crippen molar-refractivity contribution >= 4 is 52.1 Å². The van der Waals surface area contributed by atoms with Crippen molar-refractivity contribution in [2.45, 2.75) is 20.0 Å². The first-order valence-electron chi connectivity index (χ1n) is 7.19. The minimum absolute atomic E-state index is 0.0765. The third-order valence-electron chi connectivity index (χ3n) is 2.89. The Labute approximate surface area is 156 Å². The third kappa shape index (κ3) is 5.37. The summed E-state index contributed by atoms with van der Waals surface area (Å²) in [7, 11) is 0. The zero-order valence-corrected chi connectivity index (χ0v) is 15.4. The van der Waals surface area contributed by atoms with Gasteiger partial charge in [0, 0.05) is 11.3 Å². The quantitative estimate of drug-likeness (QED) is 0.737. The van der Waals surface area contributed by atoms with Crippen LogP contribution in [0, 0.1) is 0 Å². The lowest BCUT2D eigenvalue weighted by Crippen LogP contribution is -2.34. The predicted octanol–water partition coefficient (Wildman–Crippen LogP) is 4.91. The largest absolute Gasteiger partial charge is 0.491 e. The van der Waals surface area contributed by atoms with Gasteiger partial charge in [0.1, 0.15) is 5.75 Å². The van der Waals surface area contributed by atoms with Crippen LogP contribution in [0.1, 0.15) is 24.2 Å². The molecule has 1 amide bonds. The van der Waals surface area contributed by atoms with E-state index in [1.165, 1.54) is 0 Å². The Balaban J connectivity index is 1.95. The van der Waals surface area contributed by atoms with Crippen molar-refractivity contribution in [2.75, 3.05) is 5.32 Å². The number of carbonyl (C=O) groups excluding carboxylic acids is 1. The van der Waals surface area contributed by atoms with E-state index in [-0.39, 0.29) is 17.1 Å². The number of anilines is 1. The second kappa shape index (κ2) is 8.33. The highest BCUT2D eigenvalue weighted by atomic mass is 35.5. The number of carbonyl (C=O) groups is 1. The molecule has 2 aromatic carbocycles. The Hall–Kier alpha value is -1.82. The zero-order chi connectivity index (χ0) is 17.7. The summed E-state index contributed by atoms with van der Waals surface area (Å²) < 4.78 is 5.54. The SMILES string of the molecule is CC(C)Oc1ccc(C(=O)NC(=S)Nc2ccc(Cl)c(Cl)c2)cc1. The fourth-order valence-corrected chi connectivity index (χ4v) is 2.38. The van der Waals surface area contributed by atoms with Crippen LogP contribution in [-0.4, -0.2) is 17.1 Å². The molecule has 4 nitrogen and oxygen atoms in total. The van der Waals surface area contributed by atoms with E-state index in [0.29, 0.717) is 27.0 Å². The van der Waals surface area contributed by atoms with Gasteiger partial charge in [-0.15, -0.1) is 0 Å². The van der Waals surface area contributed by atoms with E-state index in [0.717, 1.165) is 0 Å². The summed E-state index contributed by atoms with van der Waals surface area (Å²) in [5.74, 6) is 0.390. The maximum Gasteiger partial charge on any atom is 0.257 e. The minimum Gasteiger partial charge on any atom is -0.491 e. The first-order chi connectivity index (χ1) is 11.3. The molecule has 0 aliphatic carbocycles. The van der Waals surface area contributed by atoms with Gasteiger partial charge in [0.2, 0.25) is 0 Å². The monoisotopic (exact) mass is 382 g/mol. The van der Waals surface area contributed by atoms with Crippen molar-refractivity contribution in [1.82, 2.24) is 5.32 Å². The molecule has 7 heteroatoms. The second-order valence-corrected chi connectivity index (χ2v) is 6.45. The van der Waals surface area contributed by atoms with Gasteiger partial charge in [-0.05, 0) is 68.5 Å². The average Bonchev–Trinajstić information content (AvgIpc) is 2.51. The number of thiocarbonyl (C=S) groups is 1. The molecule has 0 aliphatic rings. The van der Waals surface area contributed by atoms with Gasteiger partial charge in [-0.25, -0.2) is 0 Å². The molecular formula is C17H16Cl2N2O2S. The molecule has 0 fully saturated rings. The van der Waals surface area contributed by atoms with Crippen LogP contribution in [0.3, 0.4) is 0 Å². The van der Waals surface area contributed by atoms with E-state index in [4.69, 9.17) is 40.2 Å². The molecule has 24 heavy (non-hydrogen) atoms. The standard InChI is InChI=1S/C17H16Cl2N2O2S/c1-10(2)23-13-6-3-11(4-7-13)16(22)21-17(24)20-12-5-8-14(18)15(19)9-12/h3-10H,1-2H3,(H2,20,21,22,24). The summed E-state index contributed by atoms with van der Waals surface area (Å²) in [5, 5.41) is 6.50. The number of rotatable bonds is 4. The van der Waals surface area contributed by atoms with E-state index in [1.807, 2.05) is 13.8 Å². The predicted molar refractivity (Wildman–Crippen MR) is 102 cm³/mol. The maximum atomic E-state index is 12.2. The highest BCUT2D eigenvalue weighted by Crippen LogP contribution is 2.24. The molecule has 2 aromatic rings. The molecule has 2 N–H and O–H groups in total. The molecule has 0 aromatic heterocycles. The van der Waals surface area contributed by atoms with Crippen molar-refractivity contribution in [3.8, 4) is 5.75 Å². The molecule has 0 radical (unpaired) electrons. The van der Waals surface area contributed by atoms with Crippen LogP contribution >= 0.6 is 35.4 Å². The first-order valence-corrected chi connectivity index (χ1v) is 8.35. The molecule has 0 bridgehead atoms. The van der Waals surface area contributed by atoms with E-state index in [1.54, 1.807) is 42.5 Å². The summed E-state index contributed by atoms with van der Waals surface area (Å²) in [6, 6.07) is 11.8. The summed E-state index contributed by atoms with van der Waals surface area (Å²) in [5.41, 5.74) is 1.11. The highest BCUT2D eigenvalue weighted by molar-refractivity contribution is 7.80. The molecule has 2 rings (SSSR count). The minimum atomic E-state index is -0.316. The average molecular weight is 383 g/mol. The number of ether oxygens (including phenoxy) is 1. The van der Waals surface area contributed by atoms with Crippen molar-refractivity contribution < 1.29 is 9.53 Å². The number of halogens is 2. The normalized spacial score (nSPS) is 10.4. The van der Waals surface area contributed by atoms with E-state index in [2.05, 4.69) is 10.6 Å². The Kier molecular flexibility index (Phi) is 6.43. The topological polar surface area (TPSA) is 50.4 Å². The van der Waals surface area contributed by atoms with Gasteiger partial charge < -0.3 is 10.1 Å². The van der Waals surface area contributed by atoms with Gasteiger partial charge in [0.05, 0.1) is 16.1 Å². The summed E-state index contributed by atoms with van der Waals surface area (Å²) in [6.07, 6.45) is 0.0765. The van der Waals surface area contributed by atoms with Crippen LogP contribution in [0.25, 0.3) is 0 Å². The molecule has 126 valence electrons. The zero-order valence-electron chi connectivity index (χ0n) is 13.1. The Bertz CT molecular complexity index is 749. The Morgan fingerprint density at radius 1 is 1.08 bits per heavy atom. The van der Waals surface area contributed by atoms with Crippen LogP contribution in [0.5, 0.6) is 5.75 Å². The number of nitrogens with one attached hydrogen (secondary N) is 2. The summed E-state index contributed by atoms with van der Waals surface area (Å²) >= 11 is 16.9. The van der Waals surface area contributed by atoms with Gasteiger partial charge >= 0.3 is 0 Å². The smallest absolute Gasteiger partial charge is 0.257 e. The lowest BCUT2D eigenvalue weighted by molar-refractivity contribution is 0.0977. The van der Waals surface area contributed by atoms with Gasteiger partial charge in [-0.1, -0.05) is 23.2 Å². The molecule has 0 unspecified atom stereocenters. The van der Waals surface area contributed by atoms with Gasteiger partial charge in [0.25, 0.3) is 5.91 Å². The van der Waals surface area contributed by atoms with Crippen molar-refractivity contribution in [2.24, 2.45) is 0 Å². The van der Waals surface area contributed by atoms with Gasteiger partial charge in [0.15, 0.2) is 5.11 Å². The highest BCUT2D eigenvalue weighted by Gasteiger charge is 2.09. The number of hydrogen-bond acceptors (Lipinski definition) is 3. The van der Waals surface area contributed by atoms with Crippen LogP contribution in [0.2, 0.25) is 10.0 Å². The molecule has 0 aliphatic heterocycles. The van der Waals surface area contributed by atoms with E-state index in [9.17, 15) is 4.79 Å². The molecule has 0 spiro atoms. The molecule has 0 atom stereocenters. The fourth-order valence-electron chi connectivity index (χ4n) is 1.87. The molecule has 0 saturated carbocycles. The first kappa shape index (κ1) is 18.5. The lowest BCUT2D eigenvalue weighted by Gasteiger charge is -2.12. The second-order valence-electron chi connectivity index (χ2n) is 5.23. The van der Waals surface area contributed by atoms with Crippen molar-refractivity contribution in [1.29, 1.82) is 0 Å². The third-order valence-corrected chi connectivity index (χ3v) is 3.84. The van der Waals surface area contributed by atoms with E-state index < -0.39 is 0 Å². The van der Waals surface area contributed by atoms with Crippen molar-refractivity contribution in [3.63, 3.8) is 0 Å². The van der Waals surface area contributed by atoms with Crippen LogP contribution in [0.15, 0.2) is 42.5 Å². The van der Waals surface area contributed by atoms with Gasteiger partial charge in [-0.2, -0.15) is 0 Å². The van der Waals surface area contributed by atoms with E-state index >= 15 is 0 Å². The van der Waals surface area contributed by atoms with Gasteiger partial charge in [-0.3, -0.25) is 10.1 Å². The molecule has 0 heterocycles. The van der Waals surface area contributed by atoms with Crippen LogP contribution < -0.4 is 15.4 Å². The Morgan fingerprint density at radius 2 is 1.75 bits per heavy atom. The maximum absolute atomic E-state index is 12.2. The molecule has 0 saturated heterocycles. The van der Waals surface area contributed by atoms with Crippen molar-refractivity contribution in [3.05, 3.63) is 58.1 Å². The van der Waals surface area contributed by atoms with Crippen LogP contribution in [0.4, 0.5) is 5.69 Å².